The average Bonchev–Trinajstić information content (AvgIpc) is 3.06. The smallest absolute Gasteiger partial charge is 0.249 e. The van der Waals surface area contributed by atoms with Gasteiger partial charge in [-0.1, -0.05) is 18.5 Å². The lowest BCUT2D eigenvalue weighted by Gasteiger charge is -2.32. The number of halogens is 2. The molecule has 1 saturated heterocycles. The number of likely N-dealkylation sites (tertiary alicyclic amines) is 1. The Morgan fingerprint density at radius 2 is 1.96 bits per heavy atom. The van der Waals surface area contributed by atoms with Gasteiger partial charge in [-0.15, -0.1) is 22.6 Å². The molecule has 1 atom stereocenters. The molecule has 1 aromatic heterocycles. The highest BCUT2D eigenvalue weighted by Gasteiger charge is 2.29. The fourth-order valence-corrected chi connectivity index (χ4v) is 2.96. The minimum atomic E-state index is -0.437. The maximum absolute atomic E-state index is 12.8. The van der Waals surface area contributed by atoms with E-state index in [1.54, 1.807) is 12.1 Å². The standard InChI is InChI=1S/C16H21ClN6O.ClH/c1-2-14(16(24)22-9-7-13(18)8-10-22)23-20-15(19-21-23)11-3-5-12(17)6-4-11;/h3-6,13-14H,2,7-10,18H2,1H3;1H. The summed E-state index contributed by atoms with van der Waals surface area (Å²) in [6, 6.07) is 6.97. The third-order valence-corrected chi connectivity index (χ3v) is 4.58. The highest BCUT2D eigenvalue weighted by molar-refractivity contribution is 6.30. The van der Waals surface area contributed by atoms with Crippen LogP contribution in [-0.4, -0.2) is 50.1 Å². The van der Waals surface area contributed by atoms with E-state index in [0.29, 0.717) is 30.4 Å². The summed E-state index contributed by atoms with van der Waals surface area (Å²) in [4.78, 5) is 16.0. The van der Waals surface area contributed by atoms with Gasteiger partial charge in [0, 0.05) is 29.7 Å². The largest absolute Gasteiger partial charge is 0.341 e. The van der Waals surface area contributed by atoms with Crippen LogP contribution in [0.2, 0.25) is 5.02 Å². The third kappa shape index (κ3) is 4.48. The zero-order valence-corrected chi connectivity index (χ0v) is 15.6. The number of benzene rings is 1. The van der Waals surface area contributed by atoms with Crippen molar-refractivity contribution in [1.29, 1.82) is 0 Å². The van der Waals surface area contributed by atoms with Gasteiger partial charge in [0.05, 0.1) is 0 Å². The number of hydrogen-bond donors (Lipinski definition) is 1. The number of tetrazole rings is 1. The van der Waals surface area contributed by atoms with Gasteiger partial charge in [-0.3, -0.25) is 4.79 Å². The van der Waals surface area contributed by atoms with Crippen LogP contribution >= 0.6 is 24.0 Å². The van der Waals surface area contributed by atoms with Gasteiger partial charge in [-0.05, 0) is 48.7 Å². The number of carbonyl (C=O) groups is 1. The molecule has 2 N–H and O–H groups in total. The molecule has 1 amide bonds. The van der Waals surface area contributed by atoms with Gasteiger partial charge in [0.25, 0.3) is 0 Å². The van der Waals surface area contributed by atoms with Crippen molar-refractivity contribution in [2.45, 2.75) is 38.3 Å². The van der Waals surface area contributed by atoms with Crippen molar-refractivity contribution in [3.05, 3.63) is 29.3 Å². The second-order valence-corrected chi connectivity index (χ2v) is 6.46. The van der Waals surface area contributed by atoms with Gasteiger partial charge in [-0.25, -0.2) is 0 Å². The molecule has 3 rings (SSSR count). The molecule has 0 saturated carbocycles. The molecule has 2 aromatic rings. The van der Waals surface area contributed by atoms with Gasteiger partial charge in [0.1, 0.15) is 0 Å². The fourth-order valence-electron chi connectivity index (χ4n) is 2.84. The predicted octanol–water partition coefficient (Wildman–Crippen LogP) is 2.32. The summed E-state index contributed by atoms with van der Waals surface area (Å²) in [5.74, 6) is 0.517. The maximum Gasteiger partial charge on any atom is 0.249 e. The van der Waals surface area contributed by atoms with Crippen LogP contribution in [0.4, 0.5) is 0 Å². The summed E-state index contributed by atoms with van der Waals surface area (Å²) in [5, 5.41) is 13.2. The Morgan fingerprint density at radius 3 is 2.56 bits per heavy atom. The van der Waals surface area contributed by atoms with Crippen LogP contribution in [0.15, 0.2) is 24.3 Å². The van der Waals surface area contributed by atoms with Gasteiger partial charge >= 0.3 is 0 Å². The number of nitrogens with zero attached hydrogens (tertiary/aromatic N) is 5. The molecule has 0 spiro atoms. The Balaban J connectivity index is 0.00000225. The molecule has 1 aromatic carbocycles. The van der Waals surface area contributed by atoms with E-state index in [4.69, 9.17) is 17.3 Å². The summed E-state index contributed by atoms with van der Waals surface area (Å²) < 4.78 is 0. The Hall–Kier alpha value is -1.70. The van der Waals surface area contributed by atoms with Crippen molar-refractivity contribution in [3.8, 4) is 11.4 Å². The SMILES string of the molecule is CCC(C(=O)N1CCC(N)CC1)n1nnc(-c2ccc(Cl)cc2)n1.Cl. The number of amides is 1. The molecule has 1 unspecified atom stereocenters. The molecule has 0 radical (unpaired) electrons. The lowest BCUT2D eigenvalue weighted by Crippen LogP contribution is -2.45. The molecule has 1 aliphatic rings. The Kier molecular flexibility index (Phi) is 6.75. The normalized spacial score (nSPS) is 16.4. The second-order valence-electron chi connectivity index (χ2n) is 6.03. The molecule has 1 aliphatic heterocycles. The quantitative estimate of drug-likeness (QED) is 0.873. The second kappa shape index (κ2) is 8.60. The van der Waals surface area contributed by atoms with E-state index < -0.39 is 6.04 Å². The minimum Gasteiger partial charge on any atom is -0.341 e. The predicted molar refractivity (Wildman–Crippen MR) is 98.6 cm³/mol. The zero-order valence-electron chi connectivity index (χ0n) is 14.0. The topological polar surface area (TPSA) is 89.9 Å². The first-order chi connectivity index (χ1) is 11.6. The van der Waals surface area contributed by atoms with Crippen molar-refractivity contribution in [3.63, 3.8) is 0 Å². The van der Waals surface area contributed by atoms with Crippen molar-refractivity contribution < 1.29 is 4.79 Å². The van der Waals surface area contributed by atoms with E-state index >= 15 is 0 Å². The zero-order chi connectivity index (χ0) is 17.1. The molecule has 0 aliphatic carbocycles. The lowest BCUT2D eigenvalue weighted by atomic mass is 10.0. The van der Waals surface area contributed by atoms with E-state index in [9.17, 15) is 4.79 Å². The van der Waals surface area contributed by atoms with Crippen LogP contribution in [0.5, 0.6) is 0 Å². The lowest BCUT2D eigenvalue weighted by molar-refractivity contribution is -0.136. The molecule has 7 nitrogen and oxygen atoms in total. The van der Waals surface area contributed by atoms with E-state index in [0.717, 1.165) is 18.4 Å². The highest BCUT2D eigenvalue weighted by atomic mass is 35.5. The van der Waals surface area contributed by atoms with Gasteiger partial charge in [0.2, 0.25) is 11.7 Å². The maximum atomic E-state index is 12.8. The van der Waals surface area contributed by atoms with Crippen LogP contribution in [0.1, 0.15) is 32.2 Å². The number of rotatable bonds is 4. The Morgan fingerprint density at radius 1 is 1.32 bits per heavy atom. The number of carbonyl (C=O) groups excluding carboxylic acids is 1. The summed E-state index contributed by atoms with van der Waals surface area (Å²) >= 11 is 5.89. The minimum absolute atomic E-state index is 0. The van der Waals surface area contributed by atoms with Crippen LogP contribution < -0.4 is 5.73 Å². The first kappa shape index (κ1) is 19.6. The van der Waals surface area contributed by atoms with Crippen LogP contribution in [-0.2, 0) is 4.79 Å². The van der Waals surface area contributed by atoms with E-state index in [1.807, 2.05) is 24.0 Å². The van der Waals surface area contributed by atoms with Crippen LogP contribution in [0, 0.1) is 0 Å². The number of nitrogens with two attached hydrogens (primary N) is 1. The molecule has 136 valence electrons. The number of hydrogen-bond acceptors (Lipinski definition) is 5. The molecular formula is C16H22Cl2N6O. The fraction of sp³-hybridized carbons (Fsp3) is 0.500. The summed E-state index contributed by atoms with van der Waals surface area (Å²) in [5.41, 5.74) is 6.72. The summed E-state index contributed by atoms with van der Waals surface area (Å²) in [7, 11) is 0. The molecule has 0 bridgehead atoms. The van der Waals surface area contributed by atoms with Crippen molar-refractivity contribution in [2.24, 2.45) is 5.73 Å². The van der Waals surface area contributed by atoms with E-state index in [-0.39, 0.29) is 24.4 Å². The molecule has 2 heterocycles. The van der Waals surface area contributed by atoms with Crippen molar-refractivity contribution in [1.82, 2.24) is 25.1 Å². The van der Waals surface area contributed by atoms with Crippen LogP contribution in [0.25, 0.3) is 11.4 Å². The van der Waals surface area contributed by atoms with Gasteiger partial charge < -0.3 is 10.6 Å². The first-order valence-corrected chi connectivity index (χ1v) is 8.56. The van der Waals surface area contributed by atoms with E-state index in [1.165, 1.54) is 4.80 Å². The Bertz CT molecular complexity index is 697. The molecule has 9 heteroatoms. The summed E-state index contributed by atoms with van der Waals surface area (Å²) in [6.07, 6.45) is 2.28. The number of aromatic nitrogens is 4. The first-order valence-electron chi connectivity index (χ1n) is 8.18. The monoisotopic (exact) mass is 384 g/mol. The van der Waals surface area contributed by atoms with Crippen molar-refractivity contribution in [2.75, 3.05) is 13.1 Å². The van der Waals surface area contributed by atoms with E-state index in [2.05, 4.69) is 15.4 Å². The van der Waals surface area contributed by atoms with Gasteiger partial charge in [0.15, 0.2) is 6.04 Å². The van der Waals surface area contributed by atoms with Crippen LogP contribution in [0.3, 0.4) is 0 Å². The number of piperidine rings is 1. The summed E-state index contributed by atoms with van der Waals surface area (Å²) in [6.45, 7) is 3.33. The molecule has 1 fully saturated rings. The van der Waals surface area contributed by atoms with Crippen molar-refractivity contribution >= 4 is 29.9 Å². The Labute approximate surface area is 157 Å². The third-order valence-electron chi connectivity index (χ3n) is 4.33. The molecular weight excluding hydrogens is 363 g/mol. The molecule has 25 heavy (non-hydrogen) atoms. The highest BCUT2D eigenvalue weighted by Crippen LogP contribution is 2.20. The average molecular weight is 385 g/mol. The van der Waals surface area contributed by atoms with Gasteiger partial charge in [-0.2, -0.15) is 4.80 Å².